The quantitative estimate of drug-likeness (QED) is 0.842. The minimum Gasteiger partial charge on any atom is -0.352 e. The van der Waals surface area contributed by atoms with Crippen LogP contribution in [0.25, 0.3) is 0 Å². The van der Waals surface area contributed by atoms with Crippen LogP contribution in [0.2, 0.25) is 0 Å². The second-order valence-electron chi connectivity index (χ2n) is 6.75. The van der Waals surface area contributed by atoms with E-state index in [-0.39, 0.29) is 24.4 Å². The molecule has 2 fully saturated rings. The summed E-state index contributed by atoms with van der Waals surface area (Å²) < 4.78 is 0. The number of hydrogen-bond donors (Lipinski definition) is 1. The number of thioether (sulfide) groups is 1. The Balaban J connectivity index is 0.00000225. The summed E-state index contributed by atoms with van der Waals surface area (Å²) in [6.45, 7) is 0.603. The summed E-state index contributed by atoms with van der Waals surface area (Å²) in [5, 5.41) is 4.16. The van der Waals surface area contributed by atoms with Crippen molar-refractivity contribution in [3.05, 3.63) is 35.9 Å². The molecule has 1 amide bonds. The van der Waals surface area contributed by atoms with Crippen molar-refractivity contribution in [1.82, 2.24) is 10.2 Å². The predicted molar refractivity (Wildman–Crippen MR) is 108 cm³/mol. The number of amides is 1. The summed E-state index contributed by atoms with van der Waals surface area (Å²) in [5.74, 6) is 1.08. The van der Waals surface area contributed by atoms with Gasteiger partial charge in [-0.1, -0.05) is 61.4 Å². The van der Waals surface area contributed by atoms with Gasteiger partial charge < -0.3 is 10.2 Å². The molecule has 1 saturated carbocycles. The molecule has 0 aromatic heterocycles. The third-order valence-electron chi connectivity index (χ3n) is 4.88. The van der Waals surface area contributed by atoms with E-state index >= 15 is 0 Å². The van der Waals surface area contributed by atoms with Crippen LogP contribution in [0.1, 0.15) is 44.1 Å². The van der Waals surface area contributed by atoms with Gasteiger partial charge in [0.1, 0.15) is 0 Å². The number of hydrogen-bond acceptors (Lipinski definition) is 3. The Bertz CT molecular complexity index is 575. The molecule has 1 aromatic carbocycles. The second kappa shape index (κ2) is 10.1. The van der Waals surface area contributed by atoms with Gasteiger partial charge in [-0.3, -0.25) is 9.79 Å². The van der Waals surface area contributed by atoms with Crippen LogP contribution in [0, 0.1) is 0 Å². The summed E-state index contributed by atoms with van der Waals surface area (Å²) in [6, 6.07) is 10.8. The van der Waals surface area contributed by atoms with Crippen molar-refractivity contribution in [3.63, 3.8) is 0 Å². The normalized spacial score (nSPS) is 22.7. The van der Waals surface area contributed by atoms with Crippen LogP contribution in [-0.4, -0.2) is 40.9 Å². The highest BCUT2D eigenvalue weighted by atomic mass is 35.5. The van der Waals surface area contributed by atoms with Crippen molar-refractivity contribution in [2.45, 2.75) is 57.2 Å². The number of aliphatic imine (C=N–C) groups is 1. The van der Waals surface area contributed by atoms with Gasteiger partial charge in [-0.2, -0.15) is 0 Å². The fraction of sp³-hybridized carbons (Fsp3) is 0.579. The molecule has 3 rings (SSSR count). The fourth-order valence-electron chi connectivity index (χ4n) is 3.31. The molecule has 1 unspecified atom stereocenters. The molecular formula is C19H28ClN3OS. The largest absolute Gasteiger partial charge is 0.352 e. The summed E-state index contributed by atoms with van der Waals surface area (Å²) >= 11 is 1.80. The van der Waals surface area contributed by atoms with E-state index in [1.807, 2.05) is 30.3 Å². The Hall–Kier alpha value is -1.20. The minimum atomic E-state index is 0. The molecule has 138 valence electrons. The second-order valence-corrected chi connectivity index (χ2v) is 7.73. The average molecular weight is 382 g/mol. The first-order valence-electron chi connectivity index (χ1n) is 8.96. The lowest BCUT2D eigenvalue weighted by atomic mass is 9.96. The van der Waals surface area contributed by atoms with Gasteiger partial charge in [0.05, 0.1) is 6.04 Å². The number of nitrogens with zero attached hydrogens (tertiary/aromatic N) is 2. The molecule has 1 aliphatic carbocycles. The Kier molecular flexibility index (Phi) is 8.10. The fourth-order valence-corrected chi connectivity index (χ4v) is 4.57. The Morgan fingerprint density at radius 1 is 1.24 bits per heavy atom. The summed E-state index contributed by atoms with van der Waals surface area (Å²) in [7, 11) is 2.08. The van der Waals surface area contributed by atoms with E-state index in [2.05, 4.69) is 17.3 Å². The molecule has 1 aromatic rings. The zero-order chi connectivity index (χ0) is 16.8. The van der Waals surface area contributed by atoms with Gasteiger partial charge in [0.2, 0.25) is 5.91 Å². The maximum Gasteiger partial charge on any atom is 0.222 e. The predicted octanol–water partition coefficient (Wildman–Crippen LogP) is 3.85. The molecule has 1 heterocycles. The van der Waals surface area contributed by atoms with E-state index in [0.29, 0.717) is 19.0 Å². The minimum absolute atomic E-state index is 0. The van der Waals surface area contributed by atoms with Crippen LogP contribution in [0.5, 0.6) is 0 Å². The van der Waals surface area contributed by atoms with Crippen LogP contribution in [-0.2, 0) is 11.3 Å². The summed E-state index contributed by atoms with van der Waals surface area (Å²) in [4.78, 5) is 19.4. The van der Waals surface area contributed by atoms with Crippen molar-refractivity contribution in [1.29, 1.82) is 0 Å². The van der Waals surface area contributed by atoms with Gasteiger partial charge in [-0.25, -0.2) is 0 Å². The number of halogens is 1. The highest BCUT2D eigenvalue weighted by Gasteiger charge is 2.29. The zero-order valence-electron chi connectivity index (χ0n) is 14.8. The highest BCUT2D eigenvalue weighted by Crippen LogP contribution is 2.28. The number of carbonyl (C=O) groups excluding carboxylic acids is 1. The first-order chi connectivity index (χ1) is 11.7. The van der Waals surface area contributed by atoms with E-state index in [4.69, 9.17) is 4.99 Å². The number of amidine groups is 1. The van der Waals surface area contributed by atoms with Gasteiger partial charge >= 0.3 is 0 Å². The molecule has 2 aliphatic rings. The average Bonchev–Trinajstić information content (AvgIpc) is 2.95. The Morgan fingerprint density at radius 3 is 2.68 bits per heavy atom. The molecule has 25 heavy (non-hydrogen) atoms. The first-order valence-corrected chi connectivity index (χ1v) is 9.95. The van der Waals surface area contributed by atoms with Crippen LogP contribution >= 0.6 is 24.2 Å². The van der Waals surface area contributed by atoms with Crippen LogP contribution in [0.3, 0.4) is 0 Å². The summed E-state index contributed by atoms with van der Waals surface area (Å²) in [6.07, 6.45) is 6.96. The van der Waals surface area contributed by atoms with Crippen molar-refractivity contribution >= 4 is 35.2 Å². The monoisotopic (exact) mass is 381 g/mol. The molecule has 1 atom stereocenters. The Labute approximate surface area is 161 Å². The lowest BCUT2D eigenvalue weighted by Gasteiger charge is -2.23. The highest BCUT2D eigenvalue weighted by molar-refractivity contribution is 8.14. The van der Waals surface area contributed by atoms with E-state index in [1.54, 1.807) is 11.8 Å². The molecule has 1 N–H and O–H groups in total. The smallest absolute Gasteiger partial charge is 0.222 e. The molecule has 0 bridgehead atoms. The van der Waals surface area contributed by atoms with Crippen molar-refractivity contribution in [2.75, 3.05) is 12.8 Å². The number of benzene rings is 1. The third-order valence-corrected chi connectivity index (χ3v) is 6.08. The lowest BCUT2D eigenvalue weighted by Crippen LogP contribution is -2.36. The molecule has 1 saturated heterocycles. The van der Waals surface area contributed by atoms with Gasteiger partial charge in [-0.05, 0) is 18.4 Å². The molecule has 4 nitrogen and oxygen atoms in total. The number of carbonyl (C=O) groups is 1. The van der Waals surface area contributed by atoms with Gasteiger partial charge in [-0.15, -0.1) is 12.4 Å². The topological polar surface area (TPSA) is 44.7 Å². The van der Waals surface area contributed by atoms with Gasteiger partial charge in [0.15, 0.2) is 5.17 Å². The maximum atomic E-state index is 12.2. The Morgan fingerprint density at radius 2 is 1.96 bits per heavy atom. The number of nitrogens with one attached hydrogen (secondary N) is 1. The zero-order valence-corrected chi connectivity index (χ0v) is 16.5. The molecule has 0 spiro atoms. The van der Waals surface area contributed by atoms with Crippen molar-refractivity contribution in [2.24, 2.45) is 4.99 Å². The van der Waals surface area contributed by atoms with Crippen molar-refractivity contribution < 1.29 is 4.79 Å². The molecular weight excluding hydrogens is 354 g/mol. The van der Waals surface area contributed by atoms with E-state index in [1.165, 1.54) is 32.1 Å². The van der Waals surface area contributed by atoms with Gasteiger partial charge in [0.25, 0.3) is 0 Å². The standard InChI is InChI=1S/C19H27N3OS.ClH/c1-22-17(12-18(23)20-13-15-8-4-2-5-9-15)14-24-19(22)21-16-10-6-3-7-11-16;/h2,4-5,8-9,16-17H,3,6-7,10-14H2,1H3,(H,20,23);1H/b21-19-;. The molecule has 1 aliphatic heterocycles. The van der Waals surface area contributed by atoms with Gasteiger partial charge in [0, 0.05) is 31.8 Å². The molecule has 0 radical (unpaired) electrons. The van der Waals surface area contributed by atoms with Crippen LogP contribution in [0.4, 0.5) is 0 Å². The first kappa shape index (κ1) is 20.1. The number of rotatable bonds is 5. The van der Waals surface area contributed by atoms with Crippen LogP contribution in [0.15, 0.2) is 35.3 Å². The third kappa shape index (κ3) is 5.93. The maximum absolute atomic E-state index is 12.2. The van der Waals surface area contributed by atoms with Crippen molar-refractivity contribution in [3.8, 4) is 0 Å². The van der Waals surface area contributed by atoms with E-state index in [9.17, 15) is 4.79 Å². The molecule has 6 heteroatoms. The summed E-state index contributed by atoms with van der Waals surface area (Å²) in [5.41, 5.74) is 1.14. The lowest BCUT2D eigenvalue weighted by molar-refractivity contribution is -0.121. The SMILES string of the molecule is CN1/C(=N/C2CCCCC2)SCC1CC(=O)NCc1ccccc1.Cl. The van der Waals surface area contributed by atoms with Crippen LogP contribution < -0.4 is 5.32 Å². The van der Waals surface area contributed by atoms with E-state index < -0.39 is 0 Å². The van der Waals surface area contributed by atoms with E-state index in [0.717, 1.165) is 16.5 Å².